The maximum atomic E-state index is 5.42. The molecule has 3 nitrogen and oxygen atoms in total. The Morgan fingerprint density at radius 3 is 2.70 bits per heavy atom. The lowest BCUT2D eigenvalue weighted by molar-refractivity contribution is 0.394. The molecule has 0 saturated carbocycles. The molecule has 3 heteroatoms. The summed E-state index contributed by atoms with van der Waals surface area (Å²) in [6, 6.07) is 5.89. The van der Waals surface area contributed by atoms with E-state index in [1.165, 1.54) is 18.4 Å². The van der Waals surface area contributed by atoms with Crippen LogP contribution in [0.2, 0.25) is 0 Å². The maximum Gasteiger partial charge on any atom is 0.145 e. The Morgan fingerprint density at radius 2 is 2.05 bits per heavy atom. The van der Waals surface area contributed by atoms with Gasteiger partial charge in [-0.15, -0.1) is 0 Å². The lowest BCUT2D eigenvalue weighted by atomic mass is 9.84. The first-order valence-electron chi connectivity index (χ1n) is 7.25. The van der Waals surface area contributed by atoms with E-state index in [0.717, 1.165) is 23.7 Å². The zero-order valence-electron chi connectivity index (χ0n) is 12.9. The van der Waals surface area contributed by atoms with Crippen LogP contribution in [0.4, 0.5) is 5.69 Å². The molecule has 0 aliphatic heterocycles. The molecule has 0 fully saturated rings. The summed E-state index contributed by atoms with van der Waals surface area (Å²) in [7, 11) is 3.36. The van der Waals surface area contributed by atoms with Crippen LogP contribution in [0.15, 0.2) is 29.8 Å². The van der Waals surface area contributed by atoms with Crippen molar-refractivity contribution >= 4 is 5.69 Å². The number of methoxy groups -OCH3 is 2. The average Bonchev–Trinajstić information content (AvgIpc) is 2.44. The van der Waals surface area contributed by atoms with Crippen LogP contribution in [-0.2, 0) is 0 Å². The Kier molecular flexibility index (Phi) is 4.94. The van der Waals surface area contributed by atoms with Gasteiger partial charge in [-0.3, -0.25) is 0 Å². The minimum absolute atomic E-state index is 0.688. The molecule has 0 spiro atoms. The number of anilines is 1. The highest BCUT2D eigenvalue weighted by atomic mass is 16.5. The van der Waals surface area contributed by atoms with Crippen molar-refractivity contribution in [1.29, 1.82) is 0 Å². The first-order valence-corrected chi connectivity index (χ1v) is 7.25. The molecule has 1 N–H and O–H groups in total. The first kappa shape index (κ1) is 14.8. The van der Waals surface area contributed by atoms with Crippen molar-refractivity contribution in [2.24, 2.45) is 11.8 Å². The molecule has 2 unspecified atom stereocenters. The average molecular weight is 275 g/mol. The number of hydrogen-bond acceptors (Lipinski definition) is 3. The summed E-state index contributed by atoms with van der Waals surface area (Å²) in [4.78, 5) is 0. The maximum absolute atomic E-state index is 5.42. The monoisotopic (exact) mass is 275 g/mol. The van der Waals surface area contributed by atoms with Gasteiger partial charge in [-0.2, -0.15) is 0 Å². The number of ether oxygens (including phenoxy) is 2. The molecule has 0 radical (unpaired) electrons. The van der Waals surface area contributed by atoms with Crippen molar-refractivity contribution in [3.8, 4) is 11.5 Å². The van der Waals surface area contributed by atoms with E-state index in [1.807, 2.05) is 18.2 Å². The molecule has 1 aliphatic rings. The molecule has 0 aromatic heterocycles. The molecule has 0 heterocycles. The molecule has 2 atom stereocenters. The lowest BCUT2D eigenvalue weighted by Crippen LogP contribution is -2.20. The zero-order chi connectivity index (χ0) is 14.5. The number of rotatable bonds is 5. The lowest BCUT2D eigenvalue weighted by Gasteiger charge is -2.26. The van der Waals surface area contributed by atoms with Crippen molar-refractivity contribution in [2.45, 2.75) is 26.7 Å². The molecular formula is C17H25NO2. The van der Waals surface area contributed by atoms with Crippen LogP contribution >= 0.6 is 0 Å². The molecule has 110 valence electrons. The summed E-state index contributed by atoms with van der Waals surface area (Å²) >= 11 is 0. The van der Waals surface area contributed by atoms with Gasteiger partial charge < -0.3 is 14.8 Å². The van der Waals surface area contributed by atoms with Gasteiger partial charge in [-0.05, 0) is 43.7 Å². The van der Waals surface area contributed by atoms with Gasteiger partial charge in [0.1, 0.15) is 11.5 Å². The SMILES string of the molecule is COc1ccc(NCC2CC(C)=CC(C)C2)c(OC)c1. The molecule has 1 aromatic carbocycles. The van der Waals surface area contributed by atoms with Crippen molar-refractivity contribution in [3.63, 3.8) is 0 Å². The van der Waals surface area contributed by atoms with Gasteiger partial charge in [0, 0.05) is 12.6 Å². The Bertz CT molecular complexity index is 482. The van der Waals surface area contributed by atoms with E-state index in [-0.39, 0.29) is 0 Å². The highest BCUT2D eigenvalue weighted by molar-refractivity contribution is 5.59. The smallest absolute Gasteiger partial charge is 0.145 e. The predicted octanol–water partition coefficient (Wildman–Crippen LogP) is 4.11. The van der Waals surface area contributed by atoms with E-state index in [4.69, 9.17) is 9.47 Å². The van der Waals surface area contributed by atoms with Crippen molar-refractivity contribution < 1.29 is 9.47 Å². The fourth-order valence-corrected chi connectivity index (χ4v) is 3.04. The molecule has 0 saturated heterocycles. The van der Waals surface area contributed by atoms with Crippen LogP contribution in [-0.4, -0.2) is 20.8 Å². The van der Waals surface area contributed by atoms with Crippen molar-refractivity contribution in [3.05, 3.63) is 29.8 Å². The molecule has 0 amide bonds. The molecule has 2 rings (SSSR count). The summed E-state index contributed by atoms with van der Waals surface area (Å²) in [5.41, 5.74) is 2.55. The van der Waals surface area contributed by atoms with E-state index >= 15 is 0 Å². The summed E-state index contributed by atoms with van der Waals surface area (Å²) in [6.45, 7) is 5.51. The van der Waals surface area contributed by atoms with Crippen LogP contribution in [0.1, 0.15) is 26.7 Å². The van der Waals surface area contributed by atoms with Crippen LogP contribution < -0.4 is 14.8 Å². The minimum atomic E-state index is 0.688. The summed E-state index contributed by atoms with van der Waals surface area (Å²) in [5.74, 6) is 3.04. The molecule has 0 bridgehead atoms. The Balaban J connectivity index is 1.99. The predicted molar refractivity (Wildman–Crippen MR) is 83.7 cm³/mol. The number of nitrogens with one attached hydrogen (secondary N) is 1. The largest absolute Gasteiger partial charge is 0.497 e. The topological polar surface area (TPSA) is 30.5 Å². The van der Waals surface area contributed by atoms with Crippen LogP contribution in [0.3, 0.4) is 0 Å². The van der Waals surface area contributed by atoms with Crippen LogP contribution in [0.5, 0.6) is 11.5 Å². The fourth-order valence-electron chi connectivity index (χ4n) is 3.04. The van der Waals surface area contributed by atoms with Gasteiger partial charge in [0.25, 0.3) is 0 Å². The Labute approximate surface area is 122 Å². The quantitative estimate of drug-likeness (QED) is 0.820. The molecular weight excluding hydrogens is 250 g/mol. The minimum Gasteiger partial charge on any atom is -0.497 e. The van der Waals surface area contributed by atoms with E-state index in [0.29, 0.717) is 11.8 Å². The van der Waals surface area contributed by atoms with Crippen molar-refractivity contribution in [2.75, 3.05) is 26.1 Å². The fraction of sp³-hybridized carbons (Fsp3) is 0.529. The van der Waals surface area contributed by atoms with Crippen molar-refractivity contribution in [1.82, 2.24) is 0 Å². The van der Waals surface area contributed by atoms with Gasteiger partial charge in [0.2, 0.25) is 0 Å². The third kappa shape index (κ3) is 3.69. The highest BCUT2D eigenvalue weighted by Crippen LogP contribution is 2.31. The number of hydrogen-bond donors (Lipinski definition) is 1. The Hall–Kier alpha value is -1.64. The summed E-state index contributed by atoms with van der Waals surface area (Å²) in [5, 5.41) is 3.52. The van der Waals surface area contributed by atoms with Gasteiger partial charge in [0.05, 0.1) is 19.9 Å². The highest BCUT2D eigenvalue weighted by Gasteiger charge is 2.18. The molecule has 20 heavy (non-hydrogen) atoms. The van der Waals surface area contributed by atoms with E-state index in [2.05, 4.69) is 25.2 Å². The zero-order valence-corrected chi connectivity index (χ0v) is 12.9. The second-order valence-corrected chi connectivity index (χ2v) is 5.74. The first-order chi connectivity index (χ1) is 9.62. The summed E-state index contributed by atoms with van der Waals surface area (Å²) in [6.07, 6.45) is 4.84. The van der Waals surface area contributed by atoms with Gasteiger partial charge in [-0.25, -0.2) is 0 Å². The van der Waals surface area contributed by atoms with Crippen LogP contribution in [0.25, 0.3) is 0 Å². The molecule has 1 aromatic rings. The van der Waals surface area contributed by atoms with Gasteiger partial charge >= 0.3 is 0 Å². The van der Waals surface area contributed by atoms with Gasteiger partial charge in [0.15, 0.2) is 0 Å². The number of benzene rings is 1. The van der Waals surface area contributed by atoms with E-state index in [9.17, 15) is 0 Å². The van der Waals surface area contributed by atoms with E-state index < -0.39 is 0 Å². The van der Waals surface area contributed by atoms with Crippen LogP contribution in [0, 0.1) is 11.8 Å². The van der Waals surface area contributed by atoms with Gasteiger partial charge in [-0.1, -0.05) is 18.6 Å². The second-order valence-electron chi connectivity index (χ2n) is 5.74. The Morgan fingerprint density at radius 1 is 1.25 bits per heavy atom. The normalized spacial score (nSPS) is 22.1. The summed E-state index contributed by atoms with van der Waals surface area (Å²) < 4.78 is 10.6. The molecule has 1 aliphatic carbocycles. The third-order valence-corrected chi connectivity index (χ3v) is 3.87. The number of allylic oxidation sites excluding steroid dienone is 2. The third-order valence-electron chi connectivity index (χ3n) is 3.87. The standard InChI is InChI=1S/C17H25NO2/c1-12-7-13(2)9-14(8-12)11-18-16-6-5-15(19-3)10-17(16)20-4/h5-7,10,12,14,18H,8-9,11H2,1-4H3. The van der Waals surface area contributed by atoms with E-state index in [1.54, 1.807) is 14.2 Å². The second kappa shape index (κ2) is 6.69.